The minimum atomic E-state index is -3.85. The van der Waals surface area contributed by atoms with Crippen LogP contribution in [0.4, 0.5) is 4.39 Å². The molecule has 0 unspecified atom stereocenters. The molecule has 0 saturated carbocycles. The molecule has 21 heavy (non-hydrogen) atoms. The number of benzene rings is 1. The van der Waals surface area contributed by atoms with Crippen LogP contribution >= 0.6 is 11.6 Å². The molecule has 120 valence electrons. The molecule has 0 bridgehead atoms. The van der Waals surface area contributed by atoms with Gasteiger partial charge < -0.3 is 5.73 Å². The molecule has 0 aliphatic carbocycles. The lowest BCUT2D eigenvalue weighted by Gasteiger charge is -2.31. The molecule has 0 amide bonds. The van der Waals surface area contributed by atoms with Crippen LogP contribution in [0.3, 0.4) is 0 Å². The molecule has 4 nitrogen and oxygen atoms in total. The van der Waals surface area contributed by atoms with Crippen molar-refractivity contribution in [3.05, 3.63) is 29.0 Å². The van der Waals surface area contributed by atoms with E-state index in [4.69, 9.17) is 17.3 Å². The Kier molecular flexibility index (Phi) is 6.16. The molecule has 2 N–H and O–H groups in total. The molecule has 1 aromatic rings. The first-order valence-corrected chi connectivity index (χ1v) is 8.61. The number of halogens is 2. The predicted octanol–water partition coefficient (Wildman–Crippen LogP) is 2.86. The van der Waals surface area contributed by atoms with Gasteiger partial charge in [-0.2, -0.15) is 4.31 Å². The van der Waals surface area contributed by atoms with Gasteiger partial charge >= 0.3 is 0 Å². The van der Waals surface area contributed by atoms with E-state index in [1.165, 1.54) is 10.4 Å². The fourth-order valence-electron chi connectivity index (χ4n) is 1.89. The summed E-state index contributed by atoms with van der Waals surface area (Å²) in [6.07, 6.45) is 0.646. The van der Waals surface area contributed by atoms with Gasteiger partial charge in [0.2, 0.25) is 10.0 Å². The minimum Gasteiger partial charge on any atom is -0.330 e. The van der Waals surface area contributed by atoms with Gasteiger partial charge in [-0.05, 0) is 36.6 Å². The zero-order valence-corrected chi connectivity index (χ0v) is 14.1. The number of hydrogen-bond donors (Lipinski definition) is 1. The van der Waals surface area contributed by atoms with Gasteiger partial charge in [0.25, 0.3) is 0 Å². The molecule has 0 atom stereocenters. The summed E-state index contributed by atoms with van der Waals surface area (Å²) in [5.74, 6) is -0.632. The third-order valence-electron chi connectivity index (χ3n) is 3.14. The molecular weight excluding hydrogens is 315 g/mol. The lowest BCUT2D eigenvalue weighted by Crippen LogP contribution is -2.42. The van der Waals surface area contributed by atoms with E-state index in [0.29, 0.717) is 19.5 Å². The highest BCUT2D eigenvalue weighted by atomic mass is 35.5. The van der Waals surface area contributed by atoms with Crippen LogP contribution in [0.25, 0.3) is 0 Å². The van der Waals surface area contributed by atoms with Crippen molar-refractivity contribution in [1.82, 2.24) is 4.31 Å². The van der Waals surface area contributed by atoms with Gasteiger partial charge in [0.05, 0.1) is 5.02 Å². The molecule has 1 aromatic carbocycles. The Hall–Kier alpha value is -0.690. The average molecular weight is 337 g/mol. The largest absolute Gasteiger partial charge is 0.330 e. The summed E-state index contributed by atoms with van der Waals surface area (Å²) in [5.41, 5.74) is 5.31. The predicted molar refractivity (Wildman–Crippen MR) is 83.3 cm³/mol. The van der Waals surface area contributed by atoms with Gasteiger partial charge in [-0.15, -0.1) is 0 Å². The van der Waals surface area contributed by atoms with Crippen molar-refractivity contribution in [1.29, 1.82) is 0 Å². The second-order valence-corrected chi connectivity index (χ2v) is 8.10. The lowest BCUT2D eigenvalue weighted by atomic mass is 9.94. The third-order valence-corrected chi connectivity index (χ3v) is 5.47. The topological polar surface area (TPSA) is 63.4 Å². The van der Waals surface area contributed by atoms with Gasteiger partial charge in [-0.1, -0.05) is 32.4 Å². The van der Waals surface area contributed by atoms with Gasteiger partial charge in [0, 0.05) is 13.1 Å². The maximum Gasteiger partial charge on any atom is 0.244 e. The highest BCUT2D eigenvalue weighted by molar-refractivity contribution is 7.89. The summed E-state index contributed by atoms with van der Waals surface area (Å²) in [6.45, 7) is 6.59. The first kappa shape index (κ1) is 18.4. The Morgan fingerprint density at radius 2 is 2.00 bits per heavy atom. The van der Waals surface area contributed by atoms with E-state index in [2.05, 4.69) is 0 Å². The number of hydrogen-bond acceptors (Lipinski definition) is 3. The van der Waals surface area contributed by atoms with Gasteiger partial charge in [-0.3, -0.25) is 0 Å². The maximum atomic E-state index is 13.4. The first-order valence-electron chi connectivity index (χ1n) is 6.79. The number of nitrogens with zero attached hydrogens (tertiary/aromatic N) is 1. The fourth-order valence-corrected chi connectivity index (χ4v) is 4.10. The smallest absolute Gasteiger partial charge is 0.244 e. The standard InChI is InChI=1S/C14H22ClFN2O2S/c1-4-7-18(10-14(2,3)9-17)21(19,20)13-8-11(16)5-6-12(13)15/h5-6,8H,4,7,9-10,17H2,1-3H3. The summed E-state index contributed by atoms with van der Waals surface area (Å²) < 4.78 is 40.1. The summed E-state index contributed by atoms with van der Waals surface area (Å²) in [6, 6.07) is 3.34. The van der Waals surface area contributed by atoms with Crippen molar-refractivity contribution in [3.8, 4) is 0 Å². The molecule has 7 heteroatoms. The number of nitrogens with two attached hydrogens (primary N) is 1. The van der Waals surface area contributed by atoms with E-state index in [1.54, 1.807) is 0 Å². The Morgan fingerprint density at radius 1 is 1.38 bits per heavy atom. The van der Waals surface area contributed by atoms with E-state index in [1.807, 2.05) is 20.8 Å². The van der Waals surface area contributed by atoms with Crippen molar-refractivity contribution < 1.29 is 12.8 Å². The van der Waals surface area contributed by atoms with E-state index in [0.717, 1.165) is 12.1 Å². The maximum absolute atomic E-state index is 13.4. The summed E-state index contributed by atoms with van der Waals surface area (Å²) >= 11 is 5.93. The van der Waals surface area contributed by atoms with Crippen LogP contribution in [0.1, 0.15) is 27.2 Å². The van der Waals surface area contributed by atoms with Crippen molar-refractivity contribution >= 4 is 21.6 Å². The Labute approximate surface area is 131 Å². The van der Waals surface area contributed by atoms with Crippen LogP contribution in [0, 0.1) is 11.2 Å². The second kappa shape index (κ2) is 7.05. The van der Waals surface area contributed by atoms with E-state index >= 15 is 0 Å². The quantitative estimate of drug-likeness (QED) is 0.832. The zero-order valence-electron chi connectivity index (χ0n) is 12.6. The van der Waals surface area contributed by atoms with Crippen LogP contribution in [0.15, 0.2) is 23.1 Å². The first-order chi connectivity index (χ1) is 9.64. The molecule has 0 aliphatic heterocycles. The van der Waals surface area contributed by atoms with Gasteiger partial charge in [0.1, 0.15) is 10.7 Å². The van der Waals surface area contributed by atoms with E-state index in [9.17, 15) is 12.8 Å². The molecule has 1 rings (SSSR count). The Morgan fingerprint density at radius 3 is 2.52 bits per heavy atom. The molecule has 0 aromatic heterocycles. The molecule has 0 spiro atoms. The monoisotopic (exact) mass is 336 g/mol. The SMILES string of the molecule is CCCN(CC(C)(C)CN)S(=O)(=O)c1cc(F)ccc1Cl. The van der Waals surface area contributed by atoms with Crippen LogP contribution in [-0.4, -0.2) is 32.4 Å². The number of rotatable bonds is 7. The Bertz CT molecular complexity index is 591. The molecule has 0 heterocycles. The average Bonchev–Trinajstić information content (AvgIpc) is 2.40. The summed E-state index contributed by atoms with van der Waals surface area (Å²) in [5, 5.41) is 0.0167. The fraction of sp³-hybridized carbons (Fsp3) is 0.571. The van der Waals surface area contributed by atoms with Crippen molar-refractivity contribution in [3.63, 3.8) is 0 Å². The number of sulfonamides is 1. The normalized spacial score (nSPS) is 12.9. The third kappa shape index (κ3) is 4.64. The van der Waals surface area contributed by atoms with Crippen LogP contribution in [0.2, 0.25) is 5.02 Å². The second-order valence-electron chi connectivity index (χ2n) is 5.78. The van der Waals surface area contributed by atoms with Crippen molar-refractivity contribution in [2.24, 2.45) is 11.1 Å². The summed E-state index contributed by atoms with van der Waals surface area (Å²) in [7, 11) is -3.85. The highest BCUT2D eigenvalue weighted by Crippen LogP contribution is 2.28. The van der Waals surface area contributed by atoms with E-state index < -0.39 is 15.8 Å². The van der Waals surface area contributed by atoms with Crippen LogP contribution < -0.4 is 5.73 Å². The van der Waals surface area contributed by atoms with Gasteiger partial charge in [0.15, 0.2) is 0 Å². The molecule has 0 fully saturated rings. The summed E-state index contributed by atoms with van der Waals surface area (Å²) in [4.78, 5) is -0.203. The lowest BCUT2D eigenvalue weighted by molar-refractivity contribution is 0.266. The highest BCUT2D eigenvalue weighted by Gasteiger charge is 2.31. The minimum absolute atomic E-state index is 0.0167. The Balaban J connectivity index is 3.25. The zero-order chi connectivity index (χ0) is 16.3. The van der Waals surface area contributed by atoms with Crippen LogP contribution in [0.5, 0.6) is 0 Å². The molecule has 0 saturated heterocycles. The van der Waals surface area contributed by atoms with Crippen LogP contribution in [-0.2, 0) is 10.0 Å². The molecular formula is C14H22ClFN2O2S. The molecule has 0 radical (unpaired) electrons. The van der Waals surface area contributed by atoms with Crippen molar-refractivity contribution in [2.45, 2.75) is 32.1 Å². The van der Waals surface area contributed by atoms with Crippen molar-refractivity contribution in [2.75, 3.05) is 19.6 Å². The molecule has 0 aliphatic rings. The van der Waals surface area contributed by atoms with Gasteiger partial charge in [-0.25, -0.2) is 12.8 Å². The van der Waals surface area contributed by atoms with E-state index in [-0.39, 0.29) is 21.9 Å².